The highest BCUT2D eigenvalue weighted by Gasteiger charge is 2.39. The summed E-state index contributed by atoms with van der Waals surface area (Å²) in [5, 5.41) is 19.8. The number of carboxylic acid groups (broad SMARTS) is 2. The number of anilines is 1. The Morgan fingerprint density at radius 3 is 1.62 bits per heavy atom. The number of nitrogens with zero attached hydrogens (tertiary/aromatic N) is 1. The van der Waals surface area contributed by atoms with E-state index in [-0.39, 0.29) is 11.1 Å². The predicted octanol–water partition coefficient (Wildman–Crippen LogP) is 4.01. The van der Waals surface area contributed by atoms with Gasteiger partial charge in [-0.3, -0.25) is 0 Å². The molecular formula is C21H19NO4. The van der Waals surface area contributed by atoms with Crippen LogP contribution < -0.4 is 4.90 Å². The van der Waals surface area contributed by atoms with Gasteiger partial charge in [0.25, 0.3) is 0 Å². The molecule has 2 aromatic carbocycles. The summed E-state index contributed by atoms with van der Waals surface area (Å²) < 4.78 is 0. The molecular weight excluding hydrogens is 330 g/mol. The van der Waals surface area contributed by atoms with Gasteiger partial charge in [0.2, 0.25) is 0 Å². The Morgan fingerprint density at radius 1 is 0.769 bits per heavy atom. The van der Waals surface area contributed by atoms with Gasteiger partial charge in [0.1, 0.15) is 0 Å². The summed E-state index contributed by atoms with van der Waals surface area (Å²) in [4.78, 5) is 25.9. The van der Waals surface area contributed by atoms with Gasteiger partial charge in [0.15, 0.2) is 0 Å². The van der Waals surface area contributed by atoms with Gasteiger partial charge in [-0.25, -0.2) is 9.59 Å². The lowest BCUT2D eigenvalue weighted by molar-refractivity contribution is -0.133. The highest BCUT2D eigenvalue weighted by atomic mass is 16.4. The Bertz CT molecular complexity index is 876. The molecule has 2 aromatic rings. The van der Waals surface area contributed by atoms with Gasteiger partial charge in [-0.15, -0.1) is 0 Å². The molecule has 2 N–H and O–H groups in total. The first-order valence-electron chi connectivity index (χ1n) is 8.21. The molecule has 1 heterocycles. The molecule has 0 radical (unpaired) electrons. The quantitative estimate of drug-likeness (QED) is 0.872. The van der Waals surface area contributed by atoms with Crippen molar-refractivity contribution in [2.75, 3.05) is 4.90 Å². The molecule has 0 bridgehead atoms. The van der Waals surface area contributed by atoms with Crippen molar-refractivity contribution >= 4 is 17.6 Å². The van der Waals surface area contributed by atoms with Crippen molar-refractivity contribution in [2.45, 2.75) is 19.8 Å². The Balaban J connectivity index is 2.31. The Labute approximate surface area is 151 Å². The molecule has 0 amide bonds. The minimum atomic E-state index is -1.12. The number of allylic oxidation sites excluding steroid dienone is 2. The van der Waals surface area contributed by atoms with Gasteiger partial charge in [-0.05, 0) is 31.5 Å². The Hall–Kier alpha value is -3.34. The molecule has 0 unspecified atom stereocenters. The molecule has 5 heteroatoms. The molecule has 0 saturated heterocycles. The lowest BCUT2D eigenvalue weighted by Gasteiger charge is -2.37. The van der Waals surface area contributed by atoms with Gasteiger partial charge < -0.3 is 15.1 Å². The van der Waals surface area contributed by atoms with E-state index in [1.165, 1.54) is 0 Å². The summed E-state index contributed by atoms with van der Waals surface area (Å²) in [7, 11) is 0. The minimum Gasteiger partial charge on any atom is -0.478 e. The molecule has 132 valence electrons. The molecule has 1 aliphatic rings. The van der Waals surface area contributed by atoms with E-state index in [9.17, 15) is 19.8 Å². The molecule has 0 spiro atoms. The smallest absolute Gasteiger partial charge is 0.334 e. The number of benzene rings is 2. The van der Waals surface area contributed by atoms with E-state index < -0.39 is 17.9 Å². The number of aliphatic carboxylic acids is 2. The minimum absolute atomic E-state index is 0.0723. The number of carbonyl (C=O) groups is 2. The number of para-hydroxylation sites is 1. The highest BCUT2D eigenvalue weighted by molar-refractivity contribution is 6.00. The van der Waals surface area contributed by atoms with Crippen LogP contribution in [0, 0.1) is 0 Å². The zero-order valence-corrected chi connectivity index (χ0v) is 14.5. The third-order valence-electron chi connectivity index (χ3n) is 4.64. The highest BCUT2D eigenvalue weighted by Crippen LogP contribution is 2.43. The van der Waals surface area contributed by atoms with Crippen molar-refractivity contribution in [3.8, 4) is 0 Å². The summed E-state index contributed by atoms with van der Waals surface area (Å²) in [6.45, 7) is 3.43. The summed E-state index contributed by atoms with van der Waals surface area (Å²) >= 11 is 0. The van der Waals surface area contributed by atoms with E-state index in [1.807, 2.05) is 36.4 Å². The fraction of sp³-hybridized carbons (Fsp3) is 0.143. The van der Waals surface area contributed by atoms with Gasteiger partial charge in [0, 0.05) is 17.1 Å². The second kappa shape index (κ2) is 6.88. The summed E-state index contributed by atoms with van der Waals surface area (Å²) in [5.74, 6) is -3.07. The van der Waals surface area contributed by atoms with Crippen LogP contribution in [0.2, 0.25) is 0 Å². The van der Waals surface area contributed by atoms with Gasteiger partial charge in [-0.1, -0.05) is 48.5 Å². The molecule has 5 nitrogen and oxygen atoms in total. The third-order valence-corrected chi connectivity index (χ3v) is 4.64. The molecule has 26 heavy (non-hydrogen) atoms. The van der Waals surface area contributed by atoms with E-state index in [2.05, 4.69) is 0 Å². The zero-order chi connectivity index (χ0) is 18.8. The van der Waals surface area contributed by atoms with Crippen LogP contribution in [0.4, 0.5) is 5.69 Å². The van der Waals surface area contributed by atoms with Crippen LogP contribution in [0.1, 0.15) is 25.3 Å². The maximum absolute atomic E-state index is 12.1. The normalized spacial score (nSPS) is 15.4. The van der Waals surface area contributed by atoms with Crippen LogP contribution in [0.5, 0.6) is 0 Å². The SMILES string of the molecule is CC1=C(C(=O)O)C(c2ccccc2)C(C(=O)O)=C(C)N1c1ccccc1. The molecule has 0 atom stereocenters. The second-order valence-corrected chi connectivity index (χ2v) is 6.12. The largest absolute Gasteiger partial charge is 0.478 e. The first-order valence-corrected chi connectivity index (χ1v) is 8.21. The fourth-order valence-corrected chi connectivity index (χ4v) is 3.55. The maximum atomic E-state index is 12.1. The summed E-state index contributed by atoms with van der Waals surface area (Å²) in [6.07, 6.45) is 0. The number of carboxylic acids is 2. The monoisotopic (exact) mass is 349 g/mol. The van der Waals surface area contributed by atoms with Crippen molar-refractivity contribution in [1.82, 2.24) is 0 Å². The zero-order valence-electron chi connectivity index (χ0n) is 14.5. The average molecular weight is 349 g/mol. The fourth-order valence-electron chi connectivity index (χ4n) is 3.55. The number of hydrogen-bond acceptors (Lipinski definition) is 3. The Morgan fingerprint density at radius 2 is 1.19 bits per heavy atom. The van der Waals surface area contributed by atoms with Crippen molar-refractivity contribution < 1.29 is 19.8 Å². The van der Waals surface area contributed by atoms with Crippen LogP contribution >= 0.6 is 0 Å². The molecule has 0 aromatic heterocycles. The van der Waals surface area contributed by atoms with Crippen molar-refractivity contribution in [3.05, 3.63) is 88.8 Å². The van der Waals surface area contributed by atoms with E-state index in [4.69, 9.17) is 0 Å². The van der Waals surface area contributed by atoms with Gasteiger partial charge in [0.05, 0.1) is 17.1 Å². The average Bonchev–Trinajstić information content (AvgIpc) is 2.62. The van der Waals surface area contributed by atoms with Gasteiger partial charge in [-0.2, -0.15) is 0 Å². The maximum Gasteiger partial charge on any atom is 0.334 e. The predicted molar refractivity (Wildman–Crippen MR) is 98.8 cm³/mol. The molecule has 1 aliphatic heterocycles. The van der Waals surface area contributed by atoms with Crippen molar-refractivity contribution in [1.29, 1.82) is 0 Å². The number of rotatable bonds is 4. The first kappa shape index (κ1) is 17.5. The number of hydrogen-bond donors (Lipinski definition) is 2. The molecule has 0 saturated carbocycles. The van der Waals surface area contributed by atoms with Gasteiger partial charge >= 0.3 is 11.9 Å². The van der Waals surface area contributed by atoms with Crippen LogP contribution in [0.25, 0.3) is 0 Å². The summed E-state index contributed by atoms with van der Waals surface area (Å²) in [5.41, 5.74) is 2.55. The third kappa shape index (κ3) is 2.88. The van der Waals surface area contributed by atoms with Crippen LogP contribution in [0.3, 0.4) is 0 Å². The van der Waals surface area contributed by atoms with E-state index >= 15 is 0 Å². The first-order chi connectivity index (χ1) is 12.4. The van der Waals surface area contributed by atoms with Crippen LogP contribution in [-0.2, 0) is 9.59 Å². The van der Waals surface area contributed by atoms with E-state index in [0.717, 1.165) is 5.69 Å². The van der Waals surface area contributed by atoms with Crippen molar-refractivity contribution in [3.63, 3.8) is 0 Å². The Kier molecular flexibility index (Phi) is 4.63. The lowest BCUT2D eigenvalue weighted by atomic mass is 9.79. The van der Waals surface area contributed by atoms with E-state index in [1.54, 1.807) is 43.0 Å². The molecule has 0 aliphatic carbocycles. The lowest BCUT2D eigenvalue weighted by Crippen LogP contribution is -2.34. The topological polar surface area (TPSA) is 77.8 Å². The standard InChI is InChI=1S/C21H19NO4/c1-13-17(20(23)24)19(15-9-5-3-6-10-15)18(21(25)26)14(2)22(13)16-11-7-4-8-12-16/h3-12,19H,1-2H3,(H,23,24)(H,25,26). The van der Waals surface area contributed by atoms with Crippen LogP contribution in [-0.4, -0.2) is 22.2 Å². The van der Waals surface area contributed by atoms with E-state index in [0.29, 0.717) is 17.0 Å². The molecule has 0 fully saturated rings. The summed E-state index contributed by atoms with van der Waals surface area (Å²) in [6, 6.07) is 18.1. The second-order valence-electron chi connectivity index (χ2n) is 6.12. The van der Waals surface area contributed by atoms with Crippen molar-refractivity contribution in [2.24, 2.45) is 0 Å². The molecule has 3 rings (SSSR count). The van der Waals surface area contributed by atoms with Crippen LogP contribution in [0.15, 0.2) is 83.2 Å².